The third-order valence-corrected chi connectivity index (χ3v) is 8.36. The number of ether oxygens (including phenoxy) is 1. The van der Waals surface area contributed by atoms with Crippen LogP contribution in [0.25, 0.3) is 0 Å². The molecule has 4 aromatic rings. The molecule has 5 rings (SSSR count). The Kier molecular flexibility index (Phi) is 8.29. The van der Waals surface area contributed by atoms with E-state index in [0.29, 0.717) is 21.7 Å². The molecule has 3 heterocycles. The zero-order valence-corrected chi connectivity index (χ0v) is 22.4. The van der Waals surface area contributed by atoms with Gasteiger partial charge in [-0.15, -0.1) is 20.4 Å². The number of carbonyl (C=O) groups is 2. The van der Waals surface area contributed by atoms with Crippen LogP contribution in [0.1, 0.15) is 58.8 Å². The fourth-order valence-corrected chi connectivity index (χ4v) is 6.37. The second-order valence-electron chi connectivity index (χ2n) is 9.03. The van der Waals surface area contributed by atoms with E-state index in [1.807, 2.05) is 42.5 Å². The van der Waals surface area contributed by atoms with Crippen molar-refractivity contribution >= 4 is 44.8 Å². The molecule has 3 aromatic heterocycles. The Morgan fingerprint density at radius 1 is 0.868 bits per heavy atom. The minimum Gasteiger partial charge on any atom is -0.496 e. The fourth-order valence-electron chi connectivity index (χ4n) is 4.55. The Labute approximate surface area is 227 Å². The number of rotatable bonds is 9. The van der Waals surface area contributed by atoms with Gasteiger partial charge in [0.05, 0.1) is 20.0 Å². The first-order valence-electron chi connectivity index (χ1n) is 12.4. The Morgan fingerprint density at radius 2 is 1.50 bits per heavy atom. The number of pyridine rings is 1. The van der Waals surface area contributed by atoms with Gasteiger partial charge in [0.25, 0.3) is 0 Å². The van der Waals surface area contributed by atoms with Crippen LogP contribution in [0.5, 0.6) is 5.75 Å². The number of carbonyl (C=O) groups excluding carboxylic acids is 2. The Hall–Kier alpha value is -3.77. The van der Waals surface area contributed by atoms with Gasteiger partial charge in [0, 0.05) is 29.3 Å². The highest BCUT2D eigenvalue weighted by Crippen LogP contribution is 2.43. The first kappa shape index (κ1) is 25.9. The molecule has 38 heavy (non-hydrogen) atoms. The second-order valence-corrected chi connectivity index (χ2v) is 11.1. The monoisotopic (exact) mass is 549 g/mol. The zero-order chi connectivity index (χ0) is 26.3. The zero-order valence-electron chi connectivity index (χ0n) is 20.8. The van der Waals surface area contributed by atoms with Crippen LogP contribution in [-0.2, 0) is 22.4 Å². The van der Waals surface area contributed by atoms with Crippen LogP contribution < -0.4 is 15.4 Å². The third-order valence-electron chi connectivity index (χ3n) is 6.36. The van der Waals surface area contributed by atoms with Gasteiger partial charge in [-0.05, 0) is 37.5 Å². The molecule has 196 valence electrons. The predicted molar refractivity (Wildman–Crippen MR) is 146 cm³/mol. The van der Waals surface area contributed by atoms with Gasteiger partial charge >= 0.3 is 0 Å². The topological polar surface area (TPSA) is 132 Å². The Balaban J connectivity index is 1.16. The summed E-state index contributed by atoms with van der Waals surface area (Å²) in [5.41, 5.74) is 1.52. The largest absolute Gasteiger partial charge is 0.496 e. The third kappa shape index (κ3) is 6.56. The summed E-state index contributed by atoms with van der Waals surface area (Å²) in [6, 6.07) is 13.0. The number of aromatic nitrogens is 5. The summed E-state index contributed by atoms with van der Waals surface area (Å²) in [5, 5.41) is 25.7. The first-order valence-corrected chi connectivity index (χ1v) is 14.0. The molecular formula is C26H27N7O3S2. The highest BCUT2D eigenvalue weighted by molar-refractivity contribution is 7.15. The minimum atomic E-state index is -0.165. The highest BCUT2D eigenvalue weighted by Gasteiger charge is 2.29. The number of hydrogen-bond donors (Lipinski definition) is 2. The van der Waals surface area contributed by atoms with Crippen molar-refractivity contribution in [3.8, 4) is 5.75 Å². The molecule has 1 aliphatic carbocycles. The van der Waals surface area contributed by atoms with Gasteiger partial charge in [-0.25, -0.2) is 0 Å². The van der Waals surface area contributed by atoms with Gasteiger partial charge in [-0.1, -0.05) is 53.4 Å². The predicted octanol–water partition coefficient (Wildman–Crippen LogP) is 4.60. The van der Waals surface area contributed by atoms with Crippen LogP contribution in [0.3, 0.4) is 0 Å². The molecule has 10 nitrogen and oxygen atoms in total. The van der Waals surface area contributed by atoms with Crippen molar-refractivity contribution in [1.29, 1.82) is 0 Å². The molecule has 2 unspecified atom stereocenters. The summed E-state index contributed by atoms with van der Waals surface area (Å²) in [6.45, 7) is 0. The quantitative estimate of drug-likeness (QED) is 0.310. The lowest BCUT2D eigenvalue weighted by atomic mass is 9.82. The number of hydrogen-bond acceptors (Lipinski definition) is 10. The molecule has 1 fully saturated rings. The molecule has 0 radical (unpaired) electrons. The smallest absolute Gasteiger partial charge is 0.232 e. The molecule has 0 aliphatic heterocycles. The van der Waals surface area contributed by atoms with Crippen LogP contribution in [0.4, 0.5) is 10.3 Å². The van der Waals surface area contributed by atoms with E-state index in [0.717, 1.165) is 41.3 Å². The lowest BCUT2D eigenvalue weighted by molar-refractivity contribution is -0.116. The minimum absolute atomic E-state index is 0.162. The number of nitrogens with one attached hydrogen (secondary N) is 2. The lowest BCUT2D eigenvalue weighted by Crippen LogP contribution is -2.14. The Morgan fingerprint density at radius 3 is 2.13 bits per heavy atom. The van der Waals surface area contributed by atoms with E-state index < -0.39 is 0 Å². The number of nitrogens with zero attached hydrogens (tertiary/aromatic N) is 5. The van der Waals surface area contributed by atoms with Crippen molar-refractivity contribution in [2.24, 2.45) is 0 Å². The van der Waals surface area contributed by atoms with Crippen molar-refractivity contribution in [1.82, 2.24) is 25.4 Å². The average molecular weight is 550 g/mol. The standard InChI is InChI=1S/C26H27N7O3S2/c1-36-20-11-3-2-7-16(20)14-21(34)28-25-32-30-23(37-25)17-8-6-9-18(13-17)24-31-33-26(38-24)29-22(35)15-19-10-4-5-12-27-19/h2-5,7,10-12,17-18H,6,8-9,13-15H2,1H3,(H,28,32,34)(H,29,33,35). The molecule has 2 N–H and O–H groups in total. The van der Waals surface area contributed by atoms with Crippen LogP contribution in [0.2, 0.25) is 0 Å². The van der Waals surface area contributed by atoms with Crippen molar-refractivity contribution < 1.29 is 14.3 Å². The fraction of sp³-hybridized carbons (Fsp3) is 0.346. The molecule has 1 saturated carbocycles. The van der Waals surface area contributed by atoms with Gasteiger partial charge in [0.1, 0.15) is 15.8 Å². The van der Waals surface area contributed by atoms with Gasteiger partial charge in [0.2, 0.25) is 22.1 Å². The maximum Gasteiger partial charge on any atom is 0.232 e. The maximum absolute atomic E-state index is 12.6. The number of anilines is 2. The van der Waals surface area contributed by atoms with Gasteiger partial charge in [-0.3, -0.25) is 14.6 Å². The number of methoxy groups -OCH3 is 1. The van der Waals surface area contributed by atoms with Gasteiger partial charge < -0.3 is 15.4 Å². The summed E-state index contributed by atoms with van der Waals surface area (Å²) >= 11 is 2.84. The SMILES string of the molecule is COc1ccccc1CC(=O)Nc1nnc(C2CCCC(c3nnc(NC(=O)Cc4ccccn4)s3)C2)s1. The summed E-state index contributed by atoms with van der Waals surface area (Å²) in [6.07, 6.45) is 5.98. The number of amides is 2. The van der Waals surface area contributed by atoms with E-state index >= 15 is 0 Å². The molecular weight excluding hydrogens is 522 g/mol. The van der Waals surface area contributed by atoms with E-state index in [1.54, 1.807) is 13.3 Å². The van der Waals surface area contributed by atoms with Crippen LogP contribution in [0, 0.1) is 0 Å². The van der Waals surface area contributed by atoms with Crippen LogP contribution in [0.15, 0.2) is 48.7 Å². The van der Waals surface area contributed by atoms with Crippen LogP contribution >= 0.6 is 22.7 Å². The first-order chi connectivity index (χ1) is 18.6. The Bertz CT molecular complexity index is 1390. The van der Waals surface area contributed by atoms with Crippen LogP contribution in [-0.4, -0.2) is 44.3 Å². The van der Waals surface area contributed by atoms with Crippen molar-refractivity contribution in [3.63, 3.8) is 0 Å². The summed E-state index contributed by atoms with van der Waals surface area (Å²) in [5.74, 6) is 0.825. The molecule has 12 heteroatoms. The molecule has 1 aliphatic rings. The van der Waals surface area contributed by atoms with E-state index in [4.69, 9.17) is 4.74 Å². The van der Waals surface area contributed by atoms with Crippen molar-refractivity contribution in [2.75, 3.05) is 17.7 Å². The molecule has 0 saturated heterocycles. The van der Waals surface area contributed by atoms with E-state index in [2.05, 4.69) is 36.0 Å². The summed E-state index contributed by atoms with van der Waals surface area (Å²) < 4.78 is 5.33. The van der Waals surface area contributed by atoms with E-state index in [1.165, 1.54) is 22.7 Å². The summed E-state index contributed by atoms with van der Waals surface area (Å²) in [4.78, 5) is 29.1. The second kappa shape index (κ2) is 12.2. The number of para-hydroxylation sites is 1. The van der Waals surface area contributed by atoms with Crippen molar-refractivity contribution in [3.05, 3.63) is 69.9 Å². The summed E-state index contributed by atoms with van der Waals surface area (Å²) in [7, 11) is 1.59. The van der Waals surface area contributed by atoms with E-state index in [-0.39, 0.29) is 36.5 Å². The maximum atomic E-state index is 12.6. The molecule has 2 amide bonds. The molecule has 1 aromatic carbocycles. The van der Waals surface area contributed by atoms with Crippen molar-refractivity contribution in [2.45, 2.75) is 50.4 Å². The highest BCUT2D eigenvalue weighted by atomic mass is 32.1. The average Bonchev–Trinajstić information content (AvgIpc) is 3.59. The molecule has 0 spiro atoms. The van der Waals surface area contributed by atoms with Gasteiger partial charge in [0.15, 0.2) is 0 Å². The molecule has 2 atom stereocenters. The number of benzene rings is 1. The van der Waals surface area contributed by atoms with Gasteiger partial charge in [-0.2, -0.15) is 0 Å². The normalized spacial score (nSPS) is 17.1. The molecule has 0 bridgehead atoms. The van der Waals surface area contributed by atoms with E-state index in [9.17, 15) is 9.59 Å². The lowest BCUT2D eigenvalue weighted by Gasteiger charge is -2.25.